The summed E-state index contributed by atoms with van der Waals surface area (Å²) in [5.41, 5.74) is 4.58. The number of nitrogens with zero attached hydrogens (tertiary/aromatic N) is 5. The van der Waals surface area contributed by atoms with Gasteiger partial charge in [0, 0.05) is 17.3 Å². The van der Waals surface area contributed by atoms with Gasteiger partial charge in [-0.25, -0.2) is 24.3 Å². The molecule has 0 aliphatic carbocycles. The molecule has 2 N–H and O–H groups in total. The number of ether oxygens (including phenoxy) is 1. The molecule has 1 aromatic heterocycles. The van der Waals surface area contributed by atoms with E-state index in [1.807, 2.05) is 0 Å². The molecule has 0 radical (unpaired) electrons. The number of nitrogen functional groups attached to an aromatic ring is 1. The number of nitriles is 1. The quantitative estimate of drug-likeness (QED) is 0.339. The Balaban J connectivity index is 2.13. The first-order valence-corrected chi connectivity index (χ1v) is 9.05. The SMILES string of the molecule is C=CN=C(N=C)Oc1cc(C(F)(F)F)ccc1-c1ccc(-c2ncc(N)nc2C#N)c(F)c1. The average molecular weight is 454 g/mol. The summed E-state index contributed by atoms with van der Waals surface area (Å²) in [6.45, 7) is 6.62. The predicted octanol–water partition coefficient (Wildman–Crippen LogP) is 5.00. The van der Waals surface area contributed by atoms with E-state index < -0.39 is 17.6 Å². The molecule has 0 atom stereocenters. The standard InChI is InChI=1S/C22H14F4N6O/c1-3-30-21(29-2)33-18-9-13(22(24,25)26)5-7-14(18)12-4-6-15(16(23)8-12)20-17(10-27)32-19(28)11-31-20/h3-9,11H,1-2H2,(H2,28,32). The normalized spacial score (nSPS) is 11.5. The van der Waals surface area contributed by atoms with Gasteiger partial charge < -0.3 is 10.5 Å². The molecule has 0 saturated heterocycles. The summed E-state index contributed by atoms with van der Waals surface area (Å²) in [7, 11) is 0. The number of aliphatic imine (C=N–C) groups is 2. The second-order valence-electron chi connectivity index (χ2n) is 6.36. The van der Waals surface area contributed by atoms with Gasteiger partial charge in [-0.2, -0.15) is 18.4 Å². The van der Waals surface area contributed by atoms with Crippen molar-refractivity contribution in [1.29, 1.82) is 5.26 Å². The summed E-state index contributed by atoms with van der Waals surface area (Å²) in [6.07, 6.45) is -2.40. The lowest BCUT2D eigenvalue weighted by Gasteiger charge is -2.15. The minimum absolute atomic E-state index is 0.00769. The first-order valence-electron chi connectivity index (χ1n) is 9.05. The van der Waals surface area contributed by atoms with E-state index in [1.54, 1.807) is 6.07 Å². The van der Waals surface area contributed by atoms with Crippen LogP contribution in [0.25, 0.3) is 22.4 Å². The topological polar surface area (TPSA) is 110 Å². The van der Waals surface area contributed by atoms with Gasteiger partial charge in [-0.3, -0.25) is 0 Å². The number of anilines is 1. The first kappa shape index (κ1) is 23.1. The monoisotopic (exact) mass is 454 g/mol. The molecule has 0 saturated carbocycles. The van der Waals surface area contributed by atoms with E-state index in [4.69, 9.17) is 10.5 Å². The van der Waals surface area contributed by atoms with Crippen molar-refractivity contribution >= 4 is 18.6 Å². The summed E-state index contributed by atoms with van der Waals surface area (Å²) < 4.78 is 60.1. The molecule has 0 aliphatic heterocycles. The van der Waals surface area contributed by atoms with Gasteiger partial charge in [0.25, 0.3) is 0 Å². The van der Waals surface area contributed by atoms with Gasteiger partial charge in [-0.15, -0.1) is 0 Å². The number of benzene rings is 2. The highest BCUT2D eigenvalue weighted by molar-refractivity contribution is 5.84. The number of nitrogens with two attached hydrogens (primary N) is 1. The largest absolute Gasteiger partial charge is 0.424 e. The third-order valence-corrected chi connectivity index (χ3v) is 4.28. The number of amidine groups is 1. The van der Waals surface area contributed by atoms with E-state index in [-0.39, 0.29) is 45.7 Å². The van der Waals surface area contributed by atoms with Gasteiger partial charge in [0.05, 0.1) is 11.8 Å². The molecule has 2 aromatic carbocycles. The van der Waals surface area contributed by atoms with Gasteiger partial charge >= 0.3 is 12.2 Å². The van der Waals surface area contributed by atoms with E-state index in [9.17, 15) is 22.8 Å². The smallest absolute Gasteiger partial charge is 0.416 e. The number of rotatable bonds is 4. The molecule has 0 unspecified atom stereocenters. The summed E-state index contributed by atoms with van der Waals surface area (Å²) >= 11 is 0. The van der Waals surface area contributed by atoms with Gasteiger partial charge in [0.1, 0.15) is 29.1 Å². The highest BCUT2D eigenvalue weighted by atomic mass is 19.4. The van der Waals surface area contributed by atoms with Crippen LogP contribution >= 0.6 is 0 Å². The number of halogens is 4. The molecule has 3 rings (SSSR count). The average Bonchev–Trinajstić information content (AvgIpc) is 2.78. The highest BCUT2D eigenvalue weighted by Gasteiger charge is 2.31. The Bertz CT molecular complexity index is 1310. The fraction of sp³-hybridized carbons (Fsp3) is 0.0455. The van der Waals surface area contributed by atoms with Crippen LogP contribution in [0.1, 0.15) is 11.3 Å². The van der Waals surface area contributed by atoms with Crippen LogP contribution in [0.5, 0.6) is 5.75 Å². The Morgan fingerprint density at radius 2 is 1.91 bits per heavy atom. The van der Waals surface area contributed by atoms with Crippen molar-refractivity contribution in [3.63, 3.8) is 0 Å². The van der Waals surface area contributed by atoms with E-state index in [1.165, 1.54) is 18.3 Å². The molecule has 0 fully saturated rings. The zero-order valence-corrected chi connectivity index (χ0v) is 16.8. The van der Waals surface area contributed by atoms with Crippen LogP contribution < -0.4 is 10.5 Å². The molecular weight excluding hydrogens is 440 g/mol. The van der Waals surface area contributed by atoms with Crippen LogP contribution in [0.2, 0.25) is 0 Å². The molecule has 0 aliphatic rings. The van der Waals surface area contributed by atoms with Crippen molar-refractivity contribution < 1.29 is 22.3 Å². The zero-order chi connectivity index (χ0) is 24.2. The van der Waals surface area contributed by atoms with Crippen molar-refractivity contribution in [2.24, 2.45) is 9.98 Å². The Hall–Kier alpha value is -4.59. The van der Waals surface area contributed by atoms with Crippen LogP contribution in [0.15, 0.2) is 65.4 Å². The lowest BCUT2D eigenvalue weighted by Crippen LogP contribution is -2.09. The molecule has 166 valence electrons. The minimum atomic E-state index is -4.65. The molecule has 33 heavy (non-hydrogen) atoms. The molecule has 0 spiro atoms. The van der Waals surface area contributed by atoms with Gasteiger partial charge in [-0.1, -0.05) is 18.7 Å². The molecule has 7 nitrogen and oxygen atoms in total. The van der Waals surface area contributed by atoms with Crippen LogP contribution in [0, 0.1) is 17.1 Å². The number of aromatic nitrogens is 2. The molecule has 11 heteroatoms. The van der Waals surface area contributed by atoms with Gasteiger partial charge in [-0.05, 0) is 36.5 Å². The van der Waals surface area contributed by atoms with Crippen molar-refractivity contribution in [2.45, 2.75) is 6.18 Å². The van der Waals surface area contributed by atoms with E-state index >= 15 is 0 Å². The maximum atomic E-state index is 15.0. The lowest BCUT2D eigenvalue weighted by molar-refractivity contribution is -0.137. The minimum Gasteiger partial charge on any atom is -0.424 e. The number of alkyl halides is 3. The summed E-state index contributed by atoms with van der Waals surface area (Å²) in [5.74, 6) is -1.09. The van der Waals surface area contributed by atoms with Crippen molar-refractivity contribution in [3.05, 3.63) is 72.4 Å². The Morgan fingerprint density at radius 3 is 2.52 bits per heavy atom. The maximum Gasteiger partial charge on any atom is 0.416 e. The molecule has 0 bridgehead atoms. The van der Waals surface area contributed by atoms with Crippen LogP contribution in [0.3, 0.4) is 0 Å². The van der Waals surface area contributed by atoms with Gasteiger partial charge in [0.15, 0.2) is 5.69 Å². The van der Waals surface area contributed by atoms with E-state index in [0.717, 1.165) is 30.5 Å². The summed E-state index contributed by atoms with van der Waals surface area (Å²) in [6, 6.07) is 7.96. The number of hydrogen-bond donors (Lipinski definition) is 1. The summed E-state index contributed by atoms with van der Waals surface area (Å²) in [5, 5.41) is 9.24. The Morgan fingerprint density at radius 1 is 1.18 bits per heavy atom. The first-order chi connectivity index (χ1) is 15.7. The molecule has 1 heterocycles. The highest BCUT2D eigenvalue weighted by Crippen LogP contribution is 2.38. The van der Waals surface area contributed by atoms with Crippen molar-refractivity contribution in [1.82, 2.24) is 9.97 Å². The second-order valence-corrected chi connectivity index (χ2v) is 6.36. The van der Waals surface area contributed by atoms with Crippen LogP contribution in [-0.4, -0.2) is 22.7 Å². The van der Waals surface area contributed by atoms with E-state index in [2.05, 4.69) is 33.2 Å². The zero-order valence-electron chi connectivity index (χ0n) is 16.8. The van der Waals surface area contributed by atoms with Crippen molar-refractivity contribution in [2.75, 3.05) is 5.73 Å². The summed E-state index contributed by atoms with van der Waals surface area (Å²) in [4.78, 5) is 15.0. The second kappa shape index (κ2) is 9.27. The van der Waals surface area contributed by atoms with Gasteiger partial charge in [0.2, 0.25) is 0 Å². The molecule has 0 amide bonds. The molecular formula is C22H14F4N6O. The molecule has 3 aromatic rings. The van der Waals surface area contributed by atoms with Crippen molar-refractivity contribution in [3.8, 4) is 34.2 Å². The Kier molecular flexibility index (Phi) is 6.48. The third kappa shape index (κ3) is 5.01. The van der Waals surface area contributed by atoms with Crippen LogP contribution in [-0.2, 0) is 6.18 Å². The predicted molar refractivity (Wildman–Crippen MR) is 115 cm³/mol. The Labute approximate surface area is 185 Å². The van der Waals surface area contributed by atoms with Crippen LogP contribution in [0.4, 0.5) is 23.4 Å². The lowest BCUT2D eigenvalue weighted by atomic mass is 9.99. The fourth-order valence-corrected chi connectivity index (χ4v) is 2.85. The van der Waals surface area contributed by atoms with E-state index in [0.29, 0.717) is 0 Å². The maximum absolute atomic E-state index is 15.0. The third-order valence-electron chi connectivity index (χ3n) is 4.28. The fourth-order valence-electron chi connectivity index (χ4n) is 2.85. The number of hydrogen-bond acceptors (Lipinski definition) is 6.